The molecule has 0 amide bonds. The molecule has 0 saturated carbocycles. The van der Waals surface area contributed by atoms with Gasteiger partial charge in [-0.05, 0) is 38.1 Å². The Kier molecular flexibility index (Phi) is 8.88. The zero-order valence-corrected chi connectivity index (χ0v) is 12.6. The van der Waals surface area contributed by atoms with E-state index < -0.39 is 9.84 Å². The molecule has 0 saturated heterocycles. The summed E-state index contributed by atoms with van der Waals surface area (Å²) in [7, 11) is -2.78. The van der Waals surface area contributed by atoms with Crippen molar-refractivity contribution in [3.63, 3.8) is 0 Å². The van der Waals surface area contributed by atoms with Crippen molar-refractivity contribution < 1.29 is 8.42 Å². The average Bonchev–Trinajstić information content (AvgIpc) is 2.30. The number of nitrogens with one attached hydrogen (secondary N) is 1. The van der Waals surface area contributed by atoms with E-state index in [1.165, 1.54) is 0 Å². The van der Waals surface area contributed by atoms with Crippen LogP contribution in [0.3, 0.4) is 0 Å². The second kappa shape index (κ2) is 8.92. The van der Waals surface area contributed by atoms with Crippen molar-refractivity contribution in [2.75, 3.05) is 18.1 Å². The van der Waals surface area contributed by atoms with Gasteiger partial charge in [0.1, 0.15) is 9.84 Å². The summed E-state index contributed by atoms with van der Waals surface area (Å²) in [6.45, 7) is 9.34. The van der Waals surface area contributed by atoms with E-state index in [1.54, 1.807) is 6.92 Å². The fourth-order valence-electron chi connectivity index (χ4n) is 2.05. The van der Waals surface area contributed by atoms with E-state index in [2.05, 4.69) is 26.1 Å². The molecule has 0 aromatic heterocycles. The van der Waals surface area contributed by atoms with Crippen molar-refractivity contribution in [2.24, 2.45) is 5.92 Å². The van der Waals surface area contributed by atoms with Gasteiger partial charge in [0.05, 0.1) is 5.75 Å². The molecule has 3 nitrogen and oxygen atoms in total. The summed E-state index contributed by atoms with van der Waals surface area (Å²) >= 11 is 0. The Hall–Kier alpha value is -0.0900. The molecule has 17 heavy (non-hydrogen) atoms. The molecule has 0 heterocycles. The second-order valence-corrected chi connectivity index (χ2v) is 7.30. The summed E-state index contributed by atoms with van der Waals surface area (Å²) < 4.78 is 22.8. The van der Waals surface area contributed by atoms with Gasteiger partial charge in [-0.2, -0.15) is 0 Å². The molecule has 0 aromatic carbocycles. The van der Waals surface area contributed by atoms with Crippen LogP contribution < -0.4 is 5.32 Å². The molecule has 2 unspecified atom stereocenters. The molecular formula is C13H29NO2S. The normalized spacial score (nSPS) is 15.8. The Labute approximate surface area is 107 Å². The highest BCUT2D eigenvalue weighted by Gasteiger charge is 2.15. The number of hydrogen-bond donors (Lipinski definition) is 1. The average molecular weight is 263 g/mol. The molecule has 0 rings (SSSR count). The molecule has 0 aliphatic heterocycles. The van der Waals surface area contributed by atoms with Crippen LogP contribution >= 0.6 is 0 Å². The molecule has 4 heteroatoms. The summed E-state index contributed by atoms with van der Waals surface area (Å²) in [5, 5.41) is 3.53. The lowest BCUT2D eigenvalue weighted by atomic mass is 9.95. The molecule has 0 spiro atoms. The van der Waals surface area contributed by atoms with Crippen LogP contribution in [0, 0.1) is 5.92 Å². The fraction of sp³-hybridized carbons (Fsp3) is 1.00. The van der Waals surface area contributed by atoms with Gasteiger partial charge in [-0.25, -0.2) is 8.42 Å². The van der Waals surface area contributed by atoms with Crippen LogP contribution in [0.15, 0.2) is 0 Å². The lowest BCUT2D eigenvalue weighted by Crippen LogP contribution is -2.35. The molecule has 0 aliphatic rings. The highest BCUT2D eigenvalue weighted by atomic mass is 32.2. The fourth-order valence-corrected chi connectivity index (χ4v) is 2.94. The lowest BCUT2D eigenvalue weighted by Gasteiger charge is -2.23. The third kappa shape index (κ3) is 7.77. The van der Waals surface area contributed by atoms with Gasteiger partial charge >= 0.3 is 0 Å². The van der Waals surface area contributed by atoms with E-state index in [9.17, 15) is 8.42 Å². The van der Waals surface area contributed by atoms with Crippen LogP contribution in [0.5, 0.6) is 0 Å². The summed E-state index contributed by atoms with van der Waals surface area (Å²) in [4.78, 5) is 0. The van der Waals surface area contributed by atoms with Gasteiger partial charge in [-0.15, -0.1) is 0 Å². The van der Waals surface area contributed by atoms with E-state index >= 15 is 0 Å². The summed E-state index contributed by atoms with van der Waals surface area (Å²) in [5.41, 5.74) is 0. The second-order valence-electron chi connectivity index (χ2n) is 4.82. The first kappa shape index (κ1) is 16.9. The maximum Gasteiger partial charge on any atom is 0.150 e. The number of hydrogen-bond acceptors (Lipinski definition) is 3. The van der Waals surface area contributed by atoms with Crippen LogP contribution in [-0.2, 0) is 9.84 Å². The van der Waals surface area contributed by atoms with Gasteiger partial charge in [-0.1, -0.05) is 27.7 Å². The number of sulfone groups is 1. The van der Waals surface area contributed by atoms with Gasteiger partial charge in [0.25, 0.3) is 0 Å². The van der Waals surface area contributed by atoms with E-state index in [-0.39, 0.29) is 5.75 Å². The minimum absolute atomic E-state index is 0.271. The van der Waals surface area contributed by atoms with Gasteiger partial charge in [0.15, 0.2) is 0 Å². The predicted octanol–water partition coefficient (Wildman–Crippen LogP) is 2.62. The zero-order valence-electron chi connectivity index (χ0n) is 11.8. The summed E-state index contributed by atoms with van der Waals surface area (Å²) in [6, 6.07) is 0.527. The minimum atomic E-state index is -2.78. The molecule has 104 valence electrons. The number of rotatable bonds is 10. The van der Waals surface area contributed by atoms with Crippen molar-refractivity contribution in [1.29, 1.82) is 0 Å². The van der Waals surface area contributed by atoms with Crippen molar-refractivity contribution >= 4 is 9.84 Å². The molecule has 1 N–H and O–H groups in total. The van der Waals surface area contributed by atoms with Crippen molar-refractivity contribution in [3.05, 3.63) is 0 Å². The molecule has 0 aromatic rings. The Morgan fingerprint density at radius 2 is 1.82 bits per heavy atom. The van der Waals surface area contributed by atoms with E-state index in [4.69, 9.17) is 0 Å². The predicted molar refractivity (Wildman–Crippen MR) is 75.1 cm³/mol. The van der Waals surface area contributed by atoms with E-state index in [0.29, 0.717) is 17.7 Å². The van der Waals surface area contributed by atoms with Crippen LogP contribution in [0.1, 0.15) is 53.4 Å². The van der Waals surface area contributed by atoms with E-state index in [1.807, 2.05) is 0 Å². The van der Waals surface area contributed by atoms with Crippen LogP contribution in [0.2, 0.25) is 0 Å². The Morgan fingerprint density at radius 3 is 2.29 bits per heavy atom. The first-order valence-electron chi connectivity index (χ1n) is 6.90. The SMILES string of the molecule is CCCNC(CC)C(C)CCCS(=O)(=O)CC. The van der Waals surface area contributed by atoms with Crippen molar-refractivity contribution in [1.82, 2.24) is 5.32 Å². The third-order valence-corrected chi connectivity index (χ3v) is 5.13. The van der Waals surface area contributed by atoms with Crippen LogP contribution in [0.4, 0.5) is 0 Å². The highest BCUT2D eigenvalue weighted by molar-refractivity contribution is 7.91. The molecule has 0 fully saturated rings. The molecule has 0 radical (unpaired) electrons. The lowest BCUT2D eigenvalue weighted by molar-refractivity contribution is 0.346. The van der Waals surface area contributed by atoms with Crippen LogP contribution in [-0.4, -0.2) is 32.5 Å². The molecule has 0 aliphatic carbocycles. The molecule has 2 atom stereocenters. The summed E-state index contributed by atoms with van der Waals surface area (Å²) in [6.07, 6.45) is 4.05. The Morgan fingerprint density at radius 1 is 1.18 bits per heavy atom. The smallest absolute Gasteiger partial charge is 0.150 e. The minimum Gasteiger partial charge on any atom is -0.314 e. The topological polar surface area (TPSA) is 46.2 Å². The standard InChI is InChI=1S/C13H29NO2S/c1-5-10-14-13(6-2)12(4)9-8-11-17(15,16)7-3/h12-14H,5-11H2,1-4H3. The quantitative estimate of drug-likeness (QED) is 0.659. The van der Waals surface area contributed by atoms with Gasteiger partial charge in [-0.3, -0.25) is 0 Å². The highest BCUT2D eigenvalue weighted by Crippen LogP contribution is 2.14. The van der Waals surface area contributed by atoms with Crippen molar-refractivity contribution in [2.45, 2.75) is 59.4 Å². The van der Waals surface area contributed by atoms with Gasteiger partial charge < -0.3 is 5.32 Å². The Bertz CT molecular complexity index is 275. The van der Waals surface area contributed by atoms with Gasteiger partial charge in [0, 0.05) is 11.8 Å². The largest absolute Gasteiger partial charge is 0.314 e. The maximum atomic E-state index is 11.4. The first-order chi connectivity index (χ1) is 7.96. The van der Waals surface area contributed by atoms with E-state index in [0.717, 1.165) is 32.2 Å². The molecule has 0 bridgehead atoms. The first-order valence-corrected chi connectivity index (χ1v) is 8.72. The monoisotopic (exact) mass is 263 g/mol. The maximum absolute atomic E-state index is 11.4. The third-order valence-electron chi connectivity index (χ3n) is 3.34. The van der Waals surface area contributed by atoms with Gasteiger partial charge in [0.2, 0.25) is 0 Å². The Balaban J connectivity index is 3.94. The zero-order chi connectivity index (χ0) is 13.3. The molecular weight excluding hydrogens is 234 g/mol. The van der Waals surface area contributed by atoms with Crippen LogP contribution in [0.25, 0.3) is 0 Å². The summed E-state index contributed by atoms with van der Waals surface area (Å²) in [5.74, 6) is 1.17. The van der Waals surface area contributed by atoms with Crippen molar-refractivity contribution in [3.8, 4) is 0 Å².